The number of hydrogen-bond donors (Lipinski definition) is 2. The number of benzene rings is 1. The fourth-order valence-electron chi connectivity index (χ4n) is 1.96. The molecule has 1 atom stereocenters. The molecule has 2 N–H and O–H groups in total. The van der Waals surface area contributed by atoms with Crippen molar-refractivity contribution in [2.45, 2.75) is 25.0 Å². The molecule has 0 aliphatic heterocycles. The highest BCUT2D eigenvalue weighted by atomic mass is 35.5. The summed E-state index contributed by atoms with van der Waals surface area (Å²) >= 11 is 5.92. The van der Waals surface area contributed by atoms with E-state index in [-0.39, 0.29) is 21.7 Å². The maximum atomic E-state index is 11.6. The molecule has 0 bridgehead atoms. The number of aryl methyl sites for hydroxylation is 1. The lowest BCUT2D eigenvalue weighted by molar-refractivity contribution is -0.139. The number of nitrogens with one attached hydrogen (secondary N) is 1. The van der Waals surface area contributed by atoms with E-state index in [2.05, 4.69) is 4.98 Å². The topological polar surface area (TPSA) is 53.1 Å². The SMILES string of the molecule is [2H]C1([2H])c2c([nH]c3ccc(Cl)cc23)C(C(=O)O)C([2H])([2H])C1([2H])[2H]. The van der Waals surface area contributed by atoms with Crippen LogP contribution in [0.1, 0.15) is 38.1 Å². The average Bonchev–Trinajstić information content (AvgIpc) is 2.74. The number of carboxylic acids is 1. The lowest BCUT2D eigenvalue weighted by atomic mass is 9.87. The molecule has 0 spiro atoms. The number of aromatic nitrogens is 1. The van der Waals surface area contributed by atoms with E-state index in [1.165, 1.54) is 18.2 Å². The number of H-pyrrole nitrogens is 1. The highest BCUT2D eigenvalue weighted by molar-refractivity contribution is 6.31. The predicted molar refractivity (Wildman–Crippen MR) is 66.6 cm³/mol. The maximum absolute atomic E-state index is 11.6. The van der Waals surface area contributed by atoms with Crippen LogP contribution in [0.15, 0.2) is 18.2 Å². The molecule has 0 radical (unpaired) electrons. The molecule has 3 rings (SSSR count). The molecule has 88 valence electrons. The van der Waals surface area contributed by atoms with Crippen molar-refractivity contribution in [2.24, 2.45) is 0 Å². The van der Waals surface area contributed by atoms with Crippen LogP contribution >= 0.6 is 11.6 Å². The molecule has 1 aliphatic carbocycles. The van der Waals surface area contributed by atoms with Crippen molar-refractivity contribution in [3.63, 3.8) is 0 Å². The zero-order valence-corrected chi connectivity index (χ0v) is 9.30. The highest BCUT2D eigenvalue weighted by Gasteiger charge is 2.29. The Morgan fingerprint density at radius 2 is 2.41 bits per heavy atom. The number of aliphatic carboxylic acids is 1. The second kappa shape index (κ2) is 3.77. The van der Waals surface area contributed by atoms with Gasteiger partial charge < -0.3 is 10.1 Å². The first-order valence-corrected chi connectivity index (χ1v) is 5.35. The van der Waals surface area contributed by atoms with E-state index in [0.717, 1.165) is 0 Å². The van der Waals surface area contributed by atoms with Gasteiger partial charge in [-0.1, -0.05) is 11.6 Å². The Morgan fingerprint density at radius 1 is 1.59 bits per heavy atom. The Balaban J connectivity index is 2.48. The van der Waals surface area contributed by atoms with Gasteiger partial charge in [0.05, 0.1) is 5.92 Å². The van der Waals surface area contributed by atoms with Crippen molar-refractivity contribution >= 4 is 28.5 Å². The van der Waals surface area contributed by atoms with Gasteiger partial charge in [-0.3, -0.25) is 4.79 Å². The normalized spacial score (nSPS) is 33.4. The summed E-state index contributed by atoms with van der Waals surface area (Å²) in [6.45, 7) is 0. The third-order valence-electron chi connectivity index (χ3n) is 2.73. The molecule has 2 aromatic rings. The maximum Gasteiger partial charge on any atom is 0.312 e. The molecule has 3 nitrogen and oxygen atoms in total. The van der Waals surface area contributed by atoms with Crippen molar-refractivity contribution < 1.29 is 18.1 Å². The minimum atomic E-state index is -3.05. The van der Waals surface area contributed by atoms with E-state index >= 15 is 0 Å². The third-order valence-corrected chi connectivity index (χ3v) is 2.96. The van der Waals surface area contributed by atoms with Crippen LogP contribution in [0.3, 0.4) is 0 Å². The zero-order valence-electron chi connectivity index (χ0n) is 14.5. The number of fused-ring (bicyclic) bond motifs is 3. The molecule has 1 aromatic heterocycles. The number of aromatic amines is 1. The van der Waals surface area contributed by atoms with Crippen LogP contribution in [-0.2, 0) is 11.2 Å². The molecule has 0 saturated heterocycles. The van der Waals surface area contributed by atoms with Gasteiger partial charge in [-0.15, -0.1) is 0 Å². The van der Waals surface area contributed by atoms with Gasteiger partial charge in [0.15, 0.2) is 0 Å². The summed E-state index contributed by atoms with van der Waals surface area (Å²) in [5.74, 6) is -3.42. The first-order chi connectivity index (χ1) is 10.4. The molecule has 1 heterocycles. The summed E-state index contributed by atoms with van der Waals surface area (Å²) in [5.41, 5.74) is 0.0189. The van der Waals surface area contributed by atoms with Gasteiger partial charge >= 0.3 is 5.97 Å². The number of carboxylic acid groups (broad SMARTS) is 1. The van der Waals surface area contributed by atoms with Crippen LogP contribution in [0.5, 0.6) is 0 Å². The standard InChI is InChI=1S/C13H12ClNO2/c14-7-4-5-11-10(6-7)8-2-1-3-9(13(16)17)12(8)15-11/h4-6,9,15H,1-3H2,(H,16,17)/i1D2,2D2,3D2. The van der Waals surface area contributed by atoms with Gasteiger partial charge in [-0.2, -0.15) is 0 Å². The molecule has 0 saturated carbocycles. The average molecular weight is 256 g/mol. The molecule has 1 unspecified atom stereocenters. The van der Waals surface area contributed by atoms with Gasteiger partial charge in [0.25, 0.3) is 0 Å². The fraction of sp³-hybridized carbons (Fsp3) is 0.308. The van der Waals surface area contributed by atoms with Crippen LogP contribution < -0.4 is 0 Å². The van der Waals surface area contributed by atoms with E-state index in [4.69, 9.17) is 19.8 Å². The molecule has 1 aliphatic rings. The van der Waals surface area contributed by atoms with E-state index in [0.29, 0.717) is 5.52 Å². The van der Waals surface area contributed by atoms with E-state index < -0.39 is 31.0 Å². The van der Waals surface area contributed by atoms with E-state index in [9.17, 15) is 9.90 Å². The summed E-state index contributed by atoms with van der Waals surface area (Å²) < 4.78 is 48.1. The number of halogens is 1. The zero-order chi connectivity index (χ0) is 17.4. The number of carbonyl (C=O) groups is 1. The van der Waals surface area contributed by atoms with E-state index in [1.807, 2.05) is 0 Å². The minimum Gasteiger partial charge on any atom is -0.481 e. The Morgan fingerprint density at radius 3 is 3.18 bits per heavy atom. The lowest BCUT2D eigenvalue weighted by Crippen LogP contribution is -2.17. The third kappa shape index (κ3) is 1.62. The minimum absolute atomic E-state index is 0.167. The quantitative estimate of drug-likeness (QED) is 0.821. The molecule has 0 fully saturated rings. The van der Waals surface area contributed by atoms with Crippen molar-refractivity contribution in [3.05, 3.63) is 34.5 Å². The van der Waals surface area contributed by atoms with Crippen LogP contribution in [-0.4, -0.2) is 16.1 Å². The lowest BCUT2D eigenvalue weighted by Gasteiger charge is -2.18. The highest BCUT2D eigenvalue weighted by Crippen LogP contribution is 2.36. The Kier molecular flexibility index (Phi) is 1.31. The van der Waals surface area contributed by atoms with Gasteiger partial charge in [0.2, 0.25) is 0 Å². The molecule has 0 amide bonds. The first-order valence-electron chi connectivity index (χ1n) is 7.97. The molecule has 4 heteroatoms. The summed E-state index contributed by atoms with van der Waals surface area (Å²) in [6.07, 6.45) is -8.73. The van der Waals surface area contributed by atoms with Crippen molar-refractivity contribution in [1.29, 1.82) is 0 Å². The predicted octanol–water partition coefficient (Wildman–Crippen LogP) is 3.33. The van der Waals surface area contributed by atoms with Crippen molar-refractivity contribution in [1.82, 2.24) is 4.98 Å². The van der Waals surface area contributed by atoms with Crippen LogP contribution in [0.4, 0.5) is 0 Å². The smallest absolute Gasteiger partial charge is 0.312 e. The van der Waals surface area contributed by atoms with Crippen LogP contribution in [0.25, 0.3) is 10.9 Å². The van der Waals surface area contributed by atoms with Crippen molar-refractivity contribution in [2.75, 3.05) is 0 Å². The summed E-state index contributed by atoms with van der Waals surface area (Å²) in [6, 6.07) is 4.47. The summed E-state index contributed by atoms with van der Waals surface area (Å²) in [7, 11) is 0. The molecule has 17 heavy (non-hydrogen) atoms. The molecule has 1 aromatic carbocycles. The Hall–Kier alpha value is -1.48. The summed E-state index contributed by atoms with van der Waals surface area (Å²) in [5, 5.41) is 9.97. The van der Waals surface area contributed by atoms with E-state index in [1.54, 1.807) is 0 Å². The Bertz CT molecular complexity index is 831. The monoisotopic (exact) mass is 255 g/mol. The molecular weight excluding hydrogens is 238 g/mol. The molecular formula is C13H12ClNO2. The number of hydrogen-bond acceptors (Lipinski definition) is 1. The fourth-order valence-corrected chi connectivity index (χ4v) is 2.14. The number of rotatable bonds is 1. The summed E-state index contributed by atoms with van der Waals surface area (Å²) in [4.78, 5) is 14.3. The van der Waals surface area contributed by atoms with Gasteiger partial charge in [-0.05, 0) is 42.9 Å². The second-order valence-electron chi connectivity index (χ2n) is 3.77. The largest absolute Gasteiger partial charge is 0.481 e. The van der Waals surface area contributed by atoms with Gasteiger partial charge in [-0.25, -0.2) is 0 Å². The van der Waals surface area contributed by atoms with Crippen molar-refractivity contribution in [3.8, 4) is 0 Å². The van der Waals surface area contributed by atoms with Gasteiger partial charge in [0, 0.05) is 29.8 Å². The first kappa shape index (κ1) is 5.91. The van der Waals surface area contributed by atoms with Crippen LogP contribution in [0.2, 0.25) is 5.02 Å². The second-order valence-corrected chi connectivity index (χ2v) is 4.21. The van der Waals surface area contributed by atoms with Crippen LogP contribution in [0, 0.1) is 0 Å². The Labute approximate surface area is 112 Å². The van der Waals surface area contributed by atoms with Gasteiger partial charge in [0.1, 0.15) is 0 Å².